The summed E-state index contributed by atoms with van der Waals surface area (Å²) in [5.41, 5.74) is 2.44. The number of carbonyl (C=O) groups is 1. The molecule has 1 aromatic rings. The van der Waals surface area contributed by atoms with Gasteiger partial charge in [-0.2, -0.15) is 0 Å². The Morgan fingerprint density at radius 2 is 1.83 bits per heavy atom. The molecule has 0 saturated heterocycles. The first-order valence-corrected chi connectivity index (χ1v) is 9.07. The molecule has 23 heavy (non-hydrogen) atoms. The van der Waals surface area contributed by atoms with Crippen LogP contribution < -0.4 is 5.32 Å². The van der Waals surface area contributed by atoms with Gasteiger partial charge in [0.25, 0.3) is 0 Å². The van der Waals surface area contributed by atoms with Crippen molar-refractivity contribution in [3.63, 3.8) is 0 Å². The van der Waals surface area contributed by atoms with Crippen LogP contribution in [0.1, 0.15) is 55.6 Å². The lowest BCUT2D eigenvalue weighted by atomic mass is 9.76. The summed E-state index contributed by atoms with van der Waals surface area (Å²) in [5.74, 6) is 0.745. The Kier molecular flexibility index (Phi) is 7.10. The molecule has 1 saturated carbocycles. The minimum atomic E-state index is 0.0234. The lowest BCUT2D eigenvalue weighted by Crippen LogP contribution is -2.35. The van der Waals surface area contributed by atoms with Gasteiger partial charge in [-0.05, 0) is 58.3 Å². The third kappa shape index (κ3) is 5.65. The van der Waals surface area contributed by atoms with E-state index in [1.165, 1.54) is 43.2 Å². The molecule has 1 atom stereocenters. The topological polar surface area (TPSA) is 32.3 Å². The smallest absolute Gasteiger partial charge is 0.227 e. The summed E-state index contributed by atoms with van der Waals surface area (Å²) >= 11 is 0. The summed E-state index contributed by atoms with van der Waals surface area (Å²) in [6.45, 7) is 3.88. The lowest BCUT2D eigenvalue weighted by Gasteiger charge is -2.30. The second kappa shape index (κ2) is 9.07. The number of carbonyl (C=O) groups excluding carboxylic acids is 1. The zero-order valence-corrected chi connectivity index (χ0v) is 15.0. The van der Waals surface area contributed by atoms with Crippen LogP contribution in [0.5, 0.6) is 0 Å². The Morgan fingerprint density at radius 3 is 2.43 bits per heavy atom. The van der Waals surface area contributed by atoms with Gasteiger partial charge < -0.3 is 10.2 Å². The van der Waals surface area contributed by atoms with Crippen LogP contribution >= 0.6 is 0 Å². The highest BCUT2D eigenvalue weighted by atomic mass is 16.1. The largest absolute Gasteiger partial charge is 0.356 e. The Balaban J connectivity index is 2.03. The Morgan fingerprint density at radius 1 is 1.17 bits per heavy atom. The maximum absolute atomic E-state index is 12.8. The van der Waals surface area contributed by atoms with E-state index in [4.69, 9.17) is 0 Å². The van der Waals surface area contributed by atoms with Crippen molar-refractivity contribution in [3.8, 4) is 0 Å². The molecule has 0 radical (unpaired) electrons. The van der Waals surface area contributed by atoms with Crippen molar-refractivity contribution in [3.05, 3.63) is 35.4 Å². The SMILES string of the molecule is Cc1ccc(C(C(=O)NCCCN(C)C)C2CCCCC2)cc1. The Labute approximate surface area is 141 Å². The van der Waals surface area contributed by atoms with Gasteiger partial charge in [-0.3, -0.25) is 4.79 Å². The molecule has 2 rings (SSSR count). The molecule has 1 unspecified atom stereocenters. The lowest BCUT2D eigenvalue weighted by molar-refractivity contribution is -0.124. The molecule has 0 spiro atoms. The average molecular weight is 316 g/mol. The van der Waals surface area contributed by atoms with Gasteiger partial charge in [0.2, 0.25) is 5.91 Å². The molecular formula is C20H32N2O. The molecular weight excluding hydrogens is 284 g/mol. The van der Waals surface area contributed by atoms with Crippen molar-refractivity contribution in [2.75, 3.05) is 27.2 Å². The van der Waals surface area contributed by atoms with Gasteiger partial charge in [0.1, 0.15) is 0 Å². The number of hydrogen-bond donors (Lipinski definition) is 1. The zero-order chi connectivity index (χ0) is 16.7. The van der Waals surface area contributed by atoms with Crippen molar-refractivity contribution in [1.82, 2.24) is 10.2 Å². The van der Waals surface area contributed by atoms with E-state index in [0.717, 1.165) is 19.5 Å². The van der Waals surface area contributed by atoms with E-state index >= 15 is 0 Å². The fourth-order valence-electron chi connectivity index (χ4n) is 3.60. The molecule has 0 aromatic heterocycles. The Bertz CT molecular complexity index is 475. The van der Waals surface area contributed by atoms with Crippen LogP contribution in [0.4, 0.5) is 0 Å². The van der Waals surface area contributed by atoms with Crippen molar-refractivity contribution in [1.29, 1.82) is 0 Å². The van der Waals surface area contributed by atoms with Crippen molar-refractivity contribution in [2.45, 2.75) is 51.4 Å². The minimum absolute atomic E-state index is 0.0234. The number of nitrogens with one attached hydrogen (secondary N) is 1. The minimum Gasteiger partial charge on any atom is -0.356 e. The second-order valence-electron chi connectivity index (χ2n) is 7.23. The van der Waals surface area contributed by atoms with E-state index in [9.17, 15) is 4.79 Å². The quantitative estimate of drug-likeness (QED) is 0.778. The predicted molar refractivity (Wildman–Crippen MR) is 96.7 cm³/mol. The van der Waals surface area contributed by atoms with E-state index in [2.05, 4.69) is 55.5 Å². The van der Waals surface area contributed by atoms with E-state index in [1.54, 1.807) is 0 Å². The number of rotatable bonds is 7. The molecule has 3 nitrogen and oxygen atoms in total. The normalized spacial score (nSPS) is 17.2. The molecule has 1 fully saturated rings. The monoisotopic (exact) mass is 316 g/mol. The van der Waals surface area contributed by atoms with Crippen LogP contribution in [0.2, 0.25) is 0 Å². The van der Waals surface area contributed by atoms with Gasteiger partial charge in [0.05, 0.1) is 5.92 Å². The van der Waals surface area contributed by atoms with Crippen molar-refractivity contribution < 1.29 is 4.79 Å². The van der Waals surface area contributed by atoms with Gasteiger partial charge in [-0.1, -0.05) is 49.1 Å². The molecule has 3 heteroatoms. The van der Waals surface area contributed by atoms with Gasteiger partial charge in [-0.15, -0.1) is 0 Å². The number of benzene rings is 1. The van der Waals surface area contributed by atoms with Crippen LogP contribution in [-0.2, 0) is 4.79 Å². The zero-order valence-electron chi connectivity index (χ0n) is 15.0. The van der Waals surface area contributed by atoms with Gasteiger partial charge in [0.15, 0.2) is 0 Å². The van der Waals surface area contributed by atoms with E-state index < -0.39 is 0 Å². The molecule has 128 valence electrons. The van der Waals surface area contributed by atoms with Crippen LogP contribution in [-0.4, -0.2) is 38.0 Å². The van der Waals surface area contributed by atoms with Gasteiger partial charge in [0, 0.05) is 6.54 Å². The van der Waals surface area contributed by atoms with Gasteiger partial charge in [-0.25, -0.2) is 0 Å². The Hall–Kier alpha value is -1.35. The van der Waals surface area contributed by atoms with E-state index in [-0.39, 0.29) is 11.8 Å². The average Bonchev–Trinajstić information content (AvgIpc) is 2.54. The van der Waals surface area contributed by atoms with Crippen LogP contribution in [0, 0.1) is 12.8 Å². The van der Waals surface area contributed by atoms with Crippen LogP contribution in [0.15, 0.2) is 24.3 Å². The first kappa shape index (κ1) is 18.0. The van der Waals surface area contributed by atoms with Crippen molar-refractivity contribution in [2.24, 2.45) is 5.92 Å². The second-order valence-corrected chi connectivity index (χ2v) is 7.23. The maximum atomic E-state index is 12.8. The molecule has 1 N–H and O–H groups in total. The fourth-order valence-corrected chi connectivity index (χ4v) is 3.60. The van der Waals surface area contributed by atoms with Crippen LogP contribution in [0.3, 0.4) is 0 Å². The third-order valence-corrected chi connectivity index (χ3v) is 4.92. The summed E-state index contributed by atoms with van der Waals surface area (Å²) in [6.07, 6.45) is 7.22. The standard InChI is InChI=1S/C20H32N2O/c1-16-10-12-18(13-11-16)19(17-8-5-4-6-9-17)20(23)21-14-7-15-22(2)3/h10-13,17,19H,4-9,14-15H2,1-3H3,(H,21,23). The van der Waals surface area contributed by atoms with Gasteiger partial charge >= 0.3 is 0 Å². The molecule has 0 bridgehead atoms. The first-order valence-electron chi connectivity index (χ1n) is 9.07. The third-order valence-electron chi connectivity index (χ3n) is 4.92. The molecule has 0 aliphatic heterocycles. The summed E-state index contributed by atoms with van der Waals surface area (Å²) in [4.78, 5) is 15.0. The van der Waals surface area contributed by atoms with E-state index in [1.807, 2.05) is 0 Å². The molecule has 1 amide bonds. The molecule has 1 aromatic carbocycles. The highest BCUT2D eigenvalue weighted by Gasteiger charge is 2.30. The van der Waals surface area contributed by atoms with Crippen LogP contribution in [0.25, 0.3) is 0 Å². The number of aryl methyl sites for hydroxylation is 1. The number of nitrogens with zero attached hydrogens (tertiary/aromatic N) is 1. The summed E-state index contributed by atoms with van der Waals surface area (Å²) in [6, 6.07) is 8.55. The first-order chi connectivity index (χ1) is 11.1. The summed E-state index contributed by atoms with van der Waals surface area (Å²) in [5, 5.41) is 3.18. The number of amides is 1. The number of hydrogen-bond acceptors (Lipinski definition) is 2. The molecule has 0 heterocycles. The predicted octanol–water partition coefficient (Wildman–Crippen LogP) is 3.73. The fraction of sp³-hybridized carbons (Fsp3) is 0.650. The molecule has 1 aliphatic rings. The highest BCUT2D eigenvalue weighted by molar-refractivity contribution is 5.84. The van der Waals surface area contributed by atoms with E-state index in [0.29, 0.717) is 5.92 Å². The molecule has 1 aliphatic carbocycles. The highest BCUT2D eigenvalue weighted by Crippen LogP contribution is 2.36. The summed E-state index contributed by atoms with van der Waals surface area (Å²) < 4.78 is 0. The summed E-state index contributed by atoms with van der Waals surface area (Å²) in [7, 11) is 4.14. The maximum Gasteiger partial charge on any atom is 0.227 e. The van der Waals surface area contributed by atoms with Crippen molar-refractivity contribution >= 4 is 5.91 Å².